The summed E-state index contributed by atoms with van der Waals surface area (Å²) in [5, 5.41) is 8.76. The number of aromatic nitrogens is 2. The second kappa shape index (κ2) is 9.18. The van der Waals surface area contributed by atoms with Crippen LogP contribution in [0.5, 0.6) is 17.2 Å². The number of piperidine rings is 1. The van der Waals surface area contributed by atoms with Crippen LogP contribution in [-0.2, 0) is 6.42 Å². The molecule has 1 saturated heterocycles. The van der Waals surface area contributed by atoms with Crippen molar-refractivity contribution in [3.8, 4) is 28.0 Å². The molecule has 0 saturated carbocycles. The largest absolute Gasteiger partial charge is 0.497 e. The Hall–Kier alpha value is -3.10. The van der Waals surface area contributed by atoms with E-state index in [1.165, 1.54) is 0 Å². The molecule has 0 unspecified atom stereocenters. The smallest absolute Gasteiger partial charge is 0.231 e. The normalized spacial score (nSPS) is 14.6. The van der Waals surface area contributed by atoms with Crippen LogP contribution in [0.25, 0.3) is 20.8 Å². The maximum Gasteiger partial charge on any atom is 0.231 e. The van der Waals surface area contributed by atoms with E-state index in [2.05, 4.69) is 22.6 Å². The number of rotatable bonds is 7. The summed E-state index contributed by atoms with van der Waals surface area (Å²) in [6.07, 6.45) is 2.64. The molecule has 32 heavy (non-hydrogen) atoms. The van der Waals surface area contributed by atoms with Crippen LogP contribution in [0.2, 0.25) is 0 Å². The predicted molar refractivity (Wildman–Crippen MR) is 124 cm³/mol. The molecule has 1 aliphatic rings. The highest BCUT2D eigenvalue weighted by Crippen LogP contribution is 2.44. The first-order valence-electron chi connectivity index (χ1n) is 10.7. The highest BCUT2D eigenvalue weighted by Gasteiger charge is 2.24. The van der Waals surface area contributed by atoms with E-state index >= 15 is 0 Å². The average Bonchev–Trinajstić information content (AvgIpc) is 3.44. The lowest BCUT2D eigenvalue weighted by atomic mass is 10.1. The molecule has 166 valence electrons. The minimum atomic E-state index is 0.184. The second-order valence-electron chi connectivity index (χ2n) is 7.73. The number of hydrogen-bond acceptors (Lipinski definition) is 8. The van der Waals surface area contributed by atoms with Gasteiger partial charge in [0.05, 0.1) is 20.6 Å². The molecule has 7 nitrogen and oxygen atoms in total. The van der Waals surface area contributed by atoms with Gasteiger partial charge in [0, 0.05) is 16.2 Å². The fourth-order valence-corrected chi connectivity index (χ4v) is 4.99. The topological polar surface area (TPSA) is 78.6 Å². The third-order valence-corrected chi connectivity index (χ3v) is 6.71. The summed E-state index contributed by atoms with van der Waals surface area (Å²) in [6, 6.07) is 14.0. The summed E-state index contributed by atoms with van der Waals surface area (Å²) in [7, 11) is 3.27. The Balaban J connectivity index is 1.46. The molecule has 4 aromatic rings. The molecule has 3 heterocycles. The molecular formula is C24H25N3O4S. The summed E-state index contributed by atoms with van der Waals surface area (Å²) in [4.78, 5) is 5.60. The van der Waals surface area contributed by atoms with Gasteiger partial charge in [-0.05, 0) is 55.8 Å². The SMILES string of the molecule is COc1cc(Cc2nc(-c3sc4ccccc4c3OC3CCNCC3)no2)cc(OC)c1. The highest BCUT2D eigenvalue weighted by atomic mass is 32.1. The number of methoxy groups -OCH3 is 2. The molecule has 0 spiro atoms. The van der Waals surface area contributed by atoms with Crippen molar-refractivity contribution in [2.45, 2.75) is 25.4 Å². The van der Waals surface area contributed by atoms with Crippen LogP contribution in [0.1, 0.15) is 24.3 Å². The Morgan fingerprint density at radius 2 is 1.81 bits per heavy atom. The Labute approximate surface area is 190 Å². The number of nitrogens with one attached hydrogen (secondary N) is 1. The molecule has 0 radical (unpaired) electrons. The van der Waals surface area contributed by atoms with Crippen molar-refractivity contribution >= 4 is 21.4 Å². The lowest BCUT2D eigenvalue weighted by Crippen LogP contribution is -2.34. The van der Waals surface area contributed by atoms with Crippen LogP contribution < -0.4 is 19.5 Å². The molecule has 1 fully saturated rings. The number of benzene rings is 2. The lowest BCUT2D eigenvalue weighted by Gasteiger charge is -2.24. The van der Waals surface area contributed by atoms with Crippen LogP contribution in [-0.4, -0.2) is 43.6 Å². The maximum absolute atomic E-state index is 6.50. The first kappa shape index (κ1) is 20.8. The minimum Gasteiger partial charge on any atom is -0.497 e. The summed E-state index contributed by atoms with van der Waals surface area (Å²) < 4.78 is 24.0. The molecule has 8 heteroatoms. The second-order valence-corrected chi connectivity index (χ2v) is 8.79. The molecule has 1 aliphatic heterocycles. The first-order chi connectivity index (χ1) is 15.7. The van der Waals surface area contributed by atoms with E-state index in [-0.39, 0.29) is 6.10 Å². The van der Waals surface area contributed by atoms with Gasteiger partial charge in [0.1, 0.15) is 28.2 Å². The summed E-state index contributed by atoms with van der Waals surface area (Å²) >= 11 is 1.63. The van der Waals surface area contributed by atoms with Crippen molar-refractivity contribution in [1.29, 1.82) is 0 Å². The van der Waals surface area contributed by atoms with Gasteiger partial charge in [-0.15, -0.1) is 11.3 Å². The third-order valence-electron chi connectivity index (χ3n) is 5.56. The van der Waals surface area contributed by atoms with Gasteiger partial charge in [0.15, 0.2) is 0 Å². The highest BCUT2D eigenvalue weighted by molar-refractivity contribution is 7.22. The number of nitrogens with zero attached hydrogens (tertiary/aromatic N) is 2. The van der Waals surface area contributed by atoms with E-state index in [0.29, 0.717) is 18.1 Å². The van der Waals surface area contributed by atoms with E-state index in [1.807, 2.05) is 30.3 Å². The number of fused-ring (bicyclic) bond motifs is 1. The van der Waals surface area contributed by atoms with Crippen LogP contribution in [0.15, 0.2) is 47.0 Å². The monoisotopic (exact) mass is 451 g/mol. The standard InChI is InChI=1S/C24H25N3O4S/c1-28-17-11-15(12-18(14-17)29-2)13-21-26-24(27-31-21)23-22(30-16-7-9-25-10-8-16)19-5-3-4-6-20(19)32-23/h3-6,11-12,14,16,25H,7-10,13H2,1-2H3. The zero-order valence-electron chi connectivity index (χ0n) is 18.1. The van der Waals surface area contributed by atoms with E-state index < -0.39 is 0 Å². The minimum absolute atomic E-state index is 0.184. The van der Waals surface area contributed by atoms with E-state index in [1.54, 1.807) is 25.6 Å². The quantitative estimate of drug-likeness (QED) is 0.437. The zero-order valence-corrected chi connectivity index (χ0v) is 18.9. The van der Waals surface area contributed by atoms with Gasteiger partial charge in [-0.2, -0.15) is 4.98 Å². The Bertz CT molecular complexity index is 1190. The van der Waals surface area contributed by atoms with Crippen molar-refractivity contribution in [2.75, 3.05) is 27.3 Å². The number of ether oxygens (including phenoxy) is 3. The molecule has 0 atom stereocenters. The summed E-state index contributed by atoms with van der Waals surface area (Å²) in [5.74, 6) is 3.39. The number of thiophene rings is 1. The molecule has 0 bridgehead atoms. The predicted octanol–water partition coefficient (Wildman–Crippen LogP) is 4.69. The van der Waals surface area contributed by atoms with Crippen LogP contribution in [0.3, 0.4) is 0 Å². The van der Waals surface area contributed by atoms with Gasteiger partial charge < -0.3 is 24.1 Å². The van der Waals surface area contributed by atoms with Crippen molar-refractivity contribution in [1.82, 2.24) is 15.5 Å². The van der Waals surface area contributed by atoms with Crippen molar-refractivity contribution in [2.24, 2.45) is 0 Å². The average molecular weight is 452 g/mol. The molecule has 5 rings (SSSR count). The fourth-order valence-electron chi connectivity index (χ4n) is 3.93. The fraction of sp³-hybridized carbons (Fsp3) is 0.333. The van der Waals surface area contributed by atoms with Gasteiger partial charge in [0.2, 0.25) is 11.7 Å². The van der Waals surface area contributed by atoms with Crippen molar-refractivity contribution in [3.05, 3.63) is 53.9 Å². The summed E-state index contributed by atoms with van der Waals surface area (Å²) in [6.45, 7) is 1.94. The lowest BCUT2D eigenvalue weighted by molar-refractivity contribution is 0.166. The molecule has 2 aromatic carbocycles. The molecule has 0 aliphatic carbocycles. The first-order valence-corrected chi connectivity index (χ1v) is 11.5. The van der Waals surface area contributed by atoms with Crippen LogP contribution in [0.4, 0.5) is 0 Å². The van der Waals surface area contributed by atoms with Crippen LogP contribution >= 0.6 is 11.3 Å². The van der Waals surface area contributed by atoms with Gasteiger partial charge in [0.25, 0.3) is 0 Å². The zero-order chi connectivity index (χ0) is 21.9. The Morgan fingerprint density at radius 3 is 2.56 bits per heavy atom. The Morgan fingerprint density at radius 1 is 1.06 bits per heavy atom. The van der Waals surface area contributed by atoms with Crippen LogP contribution in [0, 0.1) is 0 Å². The summed E-state index contributed by atoms with van der Waals surface area (Å²) in [5.41, 5.74) is 0.971. The maximum atomic E-state index is 6.50. The van der Waals surface area contributed by atoms with Gasteiger partial charge in [-0.1, -0.05) is 17.3 Å². The van der Waals surface area contributed by atoms with Gasteiger partial charge in [-0.25, -0.2) is 0 Å². The van der Waals surface area contributed by atoms with Crippen molar-refractivity contribution < 1.29 is 18.7 Å². The Kier molecular flexibility index (Phi) is 5.96. The van der Waals surface area contributed by atoms with Gasteiger partial charge >= 0.3 is 0 Å². The number of hydrogen-bond donors (Lipinski definition) is 1. The van der Waals surface area contributed by atoms with E-state index in [0.717, 1.165) is 63.7 Å². The third kappa shape index (κ3) is 4.28. The molecule has 0 amide bonds. The van der Waals surface area contributed by atoms with Crippen molar-refractivity contribution in [3.63, 3.8) is 0 Å². The van der Waals surface area contributed by atoms with Gasteiger partial charge in [-0.3, -0.25) is 0 Å². The molecular weight excluding hydrogens is 426 g/mol. The van der Waals surface area contributed by atoms with E-state index in [4.69, 9.17) is 23.7 Å². The van der Waals surface area contributed by atoms with E-state index in [9.17, 15) is 0 Å². The molecule has 1 N–H and O–H groups in total. The molecule has 2 aromatic heterocycles.